The lowest BCUT2D eigenvalue weighted by atomic mass is 9.92. The number of rotatable bonds is 1. The van der Waals surface area contributed by atoms with Gasteiger partial charge in [0.05, 0.1) is 22.5 Å². The normalized spacial score (nSPS) is 18.4. The van der Waals surface area contributed by atoms with E-state index >= 15 is 0 Å². The first-order valence-electron chi connectivity index (χ1n) is 7.04. The number of carbonyl (C=O) groups is 1. The standard InChI is InChI=1S/C17H13N3O2/c18-17-19-14(9-5-2-1-3-6-9)13-15(20-17)12-10(16(13)22)7-4-8-11(12)21/h1-5,7-9,21H,6H2,(H2,18,19,20). The monoisotopic (exact) mass is 291 g/mol. The molecule has 2 aliphatic carbocycles. The van der Waals surface area contributed by atoms with Crippen molar-refractivity contribution < 1.29 is 9.90 Å². The number of anilines is 1. The van der Waals surface area contributed by atoms with Crippen LogP contribution in [0.5, 0.6) is 5.75 Å². The molecule has 5 heteroatoms. The van der Waals surface area contributed by atoms with Crippen LogP contribution in [0.15, 0.2) is 42.5 Å². The van der Waals surface area contributed by atoms with Crippen LogP contribution in [-0.4, -0.2) is 20.9 Å². The molecule has 3 N–H and O–H groups in total. The van der Waals surface area contributed by atoms with Crippen molar-refractivity contribution in [1.29, 1.82) is 0 Å². The molecule has 0 saturated carbocycles. The second-order valence-electron chi connectivity index (χ2n) is 5.37. The molecule has 0 amide bonds. The van der Waals surface area contributed by atoms with Gasteiger partial charge in [0.15, 0.2) is 5.78 Å². The number of benzene rings is 1. The summed E-state index contributed by atoms with van der Waals surface area (Å²) in [4.78, 5) is 21.3. The predicted octanol–water partition coefficient (Wildman–Crippen LogP) is 2.58. The number of allylic oxidation sites excluding steroid dienone is 4. The number of carbonyl (C=O) groups excluding carboxylic acids is 1. The van der Waals surface area contributed by atoms with Gasteiger partial charge in [0.2, 0.25) is 5.95 Å². The maximum atomic E-state index is 12.7. The second kappa shape index (κ2) is 4.53. The lowest BCUT2D eigenvalue weighted by Crippen LogP contribution is -2.11. The van der Waals surface area contributed by atoms with Crippen molar-refractivity contribution in [2.75, 3.05) is 5.73 Å². The van der Waals surface area contributed by atoms with E-state index in [0.29, 0.717) is 28.1 Å². The molecule has 0 bridgehead atoms. The first-order chi connectivity index (χ1) is 10.7. The van der Waals surface area contributed by atoms with E-state index in [1.54, 1.807) is 18.2 Å². The minimum atomic E-state index is -0.154. The van der Waals surface area contributed by atoms with Crippen LogP contribution in [0.2, 0.25) is 0 Å². The molecule has 1 atom stereocenters. The summed E-state index contributed by atoms with van der Waals surface area (Å²) in [6.07, 6.45) is 8.68. The smallest absolute Gasteiger partial charge is 0.220 e. The topological polar surface area (TPSA) is 89.1 Å². The number of ketones is 1. The highest BCUT2D eigenvalue weighted by Crippen LogP contribution is 2.44. The Morgan fingerprint density at radius 2 is 2.05 bits per heavy atom. The largest absolute Gasteiger partial charge is 0.507 e. The fourth-order valence-corrected chi connectivity index (χ4v) is 3.07. The lowest BCUT2D eigenvalue weighted by molar-refractivity contribution is 0.104. The van der Waals surface area contributed by atoms with Crippen molar-refractivity contribution in [3.63, 3.8) is 0 Å². The van der Waals surface area contributed by atoms with E-state index in [1.807, 2.05) is 24.3 Å². The van der Waals surface area contributed by atoms with Crippen molar-refractivity contribution in [3.8, 4) is 17.0 Å². The molecule has 22 heavy (non-hydrogen) atoms. The molecule has 1 aromatic heterocycles. The first-order valence-corrected chi connectivity index (χ1v) is 7.04. The molecular weight excluding hydrogens is 278 g/mol. The molecule has 108 valence electrons. The fourth-order valence-electron chi connectivity index (χ4n) is 3.07. The van der Waals surface area contributed by atoms with Crippen LogP contribution in [0.25, 0.3) is 11.3 Å². The van der Waals surface area contributed by atoms with Crippen LogP contribution in [-0.2, 0) is 0 Å². The van der Waals surface area contributed by atoms with Gasteiger partial charge in [0, 0.05) is 11.5 Å². The summed E-state index contributed by atoms with van der Waals surface area (Å²) in [7, 11) is 0. The first kappa shape index (κ1) is 12.8. The Bertz CT molecular complexity index is 868. The Morgan fingerprint density at radius 1 is 1.18 bits per heavy atom. The van der Waals surface area contributed by atoms with Crippen molar-refractivity contribution in [2.24, 2.45) is 0 Å². The zero-order valence-electron chi connectivity index (χ0n) is 11.7. The molecule has 2 aromatic rings. The molecule has 1 unspecified atom stereocenters. The van der Waals surface area contributed by atoms with Crippen LogP contribution < -0.4 is 5.73 Å². The second-order valence-corrected chi connectivity index (χ2v) is 5.37. The van der Waals surface area contributed by atoms with E-state index in [0.717, 1.165) is 6.42 Å². The van der Waals surface area contributed by atoms with Gasteiger partial charge >= 0.3 is 0 Å². The van der Waals surface area contributed by atoms with Crippen LogP contribution >= 0.6 is 0 Å². The van der Waals surface area contributed by atoms with E-state index < -0.39 is 0 Å². The highest BCUT2D eigenvalue weighted by molar-refractivity contribution is 6.22. The van der Waals surface area contributed by atoms with Crippen LogP contribution in [0.1, 0.15) is 34.0 Å². The van der Waals surface area contributed by atoms with Crippen molar-refractivity contribution in [1.82, 2.24) is 9.97 Å². The molecule has 1 aromatic carbocycles. The molecule has 0 radical (unpaired) electrons. The fraction of sp³-hybridized carbons (Fsp3) is 0.118. The number of nitrogens with two attached hydrogens (primary N) is 1. The summed E-state index contributed by atoms with van der Waals surface area (Å²) in [5.41, 5.74) is 8.25. The van der Waals surface area contributed by atoms with Crippen molar-refractivity contribution in [3.05, 3.63) is 59.3 Å². The van der Waals surface area contributed by atoms with Crippen molar-refractivity contribution in [2.45, 2.75) is 12.3 Å². The van der Waals surface area contributed by atoms with Crippen molar-refractivity contribution >= 4 is 11.7 Å². The Kier molecular flexibility index (Phi) is 2.63. The van der Waals surface area contributed by atoms with Gasteiger partial charge in [0.1, 0.15) is 5.75 Å². The quantitative estimate of drug-likeness (QED) is 0.719. The zero-order valence-corrected chi connectivity index (χ0v) is 11.7. The third-order valence-electron chi connectivity index (χ3n) is 4.04. The number of aromatic hydroxyl groups is 1. The van der Waals surface area contributed by atoms with E-state index in [-0.39, 0.29) is 23.4 Å². The summed E-state index contributed by atoms with van der Waals surface area (Å²) in [5, 5.41) is 10.1. The van der Waals surface area contributed by atoms with Gasteiger partial charge in [-0.25, -0.2) is 9.97 Å². The van der Waals surface area contributed by atoms with E-state index in [1.165, 1.54) is 0 Å². The molecule has 0 fully saturated rings. The molecule has 0 spiro atoms. The highest BCUT2D eigenvalue weighted by Gasteiger charge is 2.35. The highest BCUT2D eigenvalue weighted by atomic mass is 16.3. The van der Waals surface area contributed by atoms with Gasteiger partial charge in [-0.1, -0.05) is 36.4 Å². The minimum Gasteiger partial charge on any atom is -0.507 e. The molecule has 0 aliphatic heterocycles. The number of hydrogen-bond donors (Lipinski definition) is 2. The third kappa shape index (κ3) is 1.69. The molecular formula is C17H13N3O2. The molecule has 0 saturated heterocycles. The number of nitrogen functional groups attached to an aromatic ring is 1. The molecule has 1 heterocycles. The van der Waals surface area contributed by atoms with Crippen LogP contribution in [0, 0.1) is 0 Å². The van der Waals surface area contributed by atoms with Gasteiger partial charge in [0.25, 0.3) is 0 Å². The number of phenolic OH excluding ortho intramolecular Hbond substituents is 1. The van der Waals surface area contributed by atoms with Crippen LogP contribution in [0.3, 0.4) is 0 Å². The van der Waals surface area contributed by atoms with E-state index in [2.05, 4.69) is 9.97 Å². The van der Waals surface area contributed by atoms with Crippen LogP contribution in [0.4, 0.5) is 5.95 Å². The molecule has 5 nitrogen and oxygen atoms in total. The average Bonchev–Trinajstić information content (AvgIpc) is 2.82. The number of nitrogens with zero attached hydrogens (tertiary/aromatic N) is 2. The average molecular weight is 291 g/mol. The molecule has 4 rings (SSSR count). The van der Waals surface area contributed by atoms with E-state index in [4.69, 9.17) is 5.73 Å². The Balaban J connectivity index is 2.00. The summed E-state index contributed by atoms with van der Waals surface area (Å²) >= 11 is 0. The third-order valence-corrected chi connectivity index (χ3v) is 4.04. The Labute approximate surface area is 126 Å². The summed E-state index contributed by atoms with van der Waals surface area (Å²) in [6.45, 7) is 0. The number of aromatic nitrogens is 2. The predicted molar refractivity (Wildman–Crippen MR) is 82.6 cm³/mol. The van der Waals surface area contributed by atoms with Gasteiger partial charge in [-0.15, -0.1) is 0 Å². The number of hydrogen-bond acceptors (Lipinski definition) is 5. The maximum Gasteiger partial charge on any atom is 0.220 e. The minimum absolute atomic E-state index is 0.00976. The number of phenols is 1. The summed E-state index contributed by atoms with van der Waals surface area (Å²) in [5.74, 6) is -0.0170. The summed E-state index contributed by atoms with van der Waals surface area (Å²) in [6, 6.07) is 4.88. The van der Waals surface area contributed by atoms with E-state index in [9.17, 15) is 9.90 Å². The maximum absolute atomic E-state index is 12.7. The summed E-state index contributed by atoms with van der Waals surface area (Å²) < 4.78 is 0. The molecule has 2 aliphatic rings. The lowest BCUT2D eigenvalue weighted by Gasteiger charge is -2.15. The van der Waals surface area contributed by atoms with Gasteiger partial charge < -0.3 is 10.8 Å². The Hall–Kier alpha value is -2.95. The number of fused-ring (bicyclic) bond motifs is 3. The SMILES string of the molecule is Nc1nc2c(c(C3C=CC=CC3)n1)C(=O)c1cccc(O)c1-2. The Morgan fingerprint density at radius 3 is 2.82 bits per heavy atom. The zero-order chi connectivity index (χ0) is 15.3. The van der Waals surface area contributed by atoms with Gasteiger partial charge in [-0.3, -0.25) is 4.79 Å². The van der Waals surface area contributed by atoms with Gasteiger partial charge in [-0.2, -0.15) is 0 Å². The van der Waals surface area contributed by atoms with Gasteiger partial charge in [-0.05, 0) is 12.5 Å².